The number of urea groups is 1. The van der Waals surface area contributed by atoms with E-state index in [-0.39, 0.29) is 6.03 Å². The topological polar surface area (TPSA) is 32.3 Å². The molecule has 1 rings (SSSR count). The number of carbonyl (C=O) groups excluding carboxylic acids is 1. The molecule has 0 fully saturated rings. The number of rotatable bonds is 4. The van der Waals surface area contributed by atoms with Crippen molar-refractivity contribution in [3.8, 4) is 0 Å². The standard InChI is InChI=1S/C13H16Cl2N2O/c1-4-17(8-9(2)3)13(18)16-12-7-10(14)5-6-11(12)15/h5-7H,2,4,8H2,1,3H3,(H,16,18). The van der Waals surface area contributed by atoms with Gasteiger partial charge in [-0.2, -0.15) is 0 Å². The van der Waals surface area contributed by atoms with E-state index in [1.807, 2.05) is 13.8 Å². The fraction of sp³-hybridized carbons (Fsp3) is 0.308. The zero-order valence-corrected chi connectivity index (χ0v) is 12.0. The van der Waals surface area contributed by atoms with Gasteiger partial charge in [-0.05, 0) is 32.0 Å². The zero-order valence-electron chi connectivity index (χ0n) is 10.5. The summed E-state index contributed by atoms with van der Waals surface area (Å²) >= 11 is 11.8. The van der Waals surface area contributed by atoms with Gasteiger partial charge in [0, 0.05) is 18.1 Å². The zero-order chi connectivity index (χ0) is 13.7. The lowest BCUT2D eigenvalue weighted by Gasteiger charge is -2.21. The summed E-state index contributed by atoms with van der Waals surface area (Å²) in [6.45, 7) is 8.69. The van der Waals surface area contributed by atoms with Gasteiger partial charge in [-0.15, -0.1) is 0 Å². The van der Waals surface area contributed by atoms with E-state index in [4.69, 9.17) is 23.2 Å². The molecule has 0 aliphatic carbocycles. The van der Waals surface area contributed by atoms with Gasteiger partial charge in [0.15, 0.2) is 0 Å². The lowest BCUT2D eigenvalue weighted by atomic mass is 10.3. The minimum atomic E-state index is -0.218. The van der Waals surface area contributed by atoms with Crippen molar-refractivity contribution in [3.05, 3.63) is 40.4 Å². The van der Waals surface area contributed by atoms with E-state index in [2.05, 4.69) is 11.9 Å². The Kier molecular flexibility index (Phi) is 5.51. The molecule has 1 N–H and O–H groups in total. The highest BCUT2D eigenvalue weighted by molar-refractivity contribution is 6.35. The van der Waals surface area contributed by atoms with Crippen molar-refractivity contribution < 1.29 is 4.79 Å². The number of anilines is 1. The first-order chi connectivity index (χ1) is 8.43. The Morgan fingerprint density at radius 1 is 1.44 bits per heavy atom. The largest absolute Gasteiger partial charge is 0.322 e. The van der Waals surface area contributed by atoms with Crippen LogP contribution in [0.4, 0.5) is 10.5 Å². The van der Waals surface area contributed by atoms with Crippen molar-refractivity contribution in [3.63, 3.8) is 0 Å². The molecule has 2 amide bonds. The lowest BCUT2D eigenvalue weighted by molar-refractivity contribution is 0.218. The molecule has 0 saturated carbocycles. The summed E-state index contributed by atoms with van der Waals surface area (Å²) in [7, 11) is 0. The number of amides is 2. The molecule has 0 spiro atoms. The Morgan fingerprint density at radius 2 is 2.11 bits per heavy atom. The molecular weight excluding hydrogens is 271 g/mol. The van der Waals surface area contributed by atoms with E-state index in [0.29, 0.717) is 28.8 Å². The van der Waals surface area contributed by atoms with Gasteiger partial charge in [0.25, 0.3) is 0 Å². The van der Waals surface area contributed by atoms with Crippen molar-refractivity contribution >= 4 is 34.9 Å². The number of nitrogens with zero attached hydrogens (tertiary/aromatic N) is 1. The summed E-state index contributed by atoms with van der Waals surface area (Å²) in [4.78, 5) is 13.7. The van der Waals surface area contributed by atoms with Gasteiger partial charge >= 0.3 is 6.03 Å². The molecule has 0 bridgehead atoms. The highest BCUT2D eigenvalue weighted by Crippen LogP contribution is 2.25. The van der Waals surface area contributed by atoms with Gasteiger partial charge in [-0.1, -0.05) is 35.4 Å². The Bertz CT molecular complexity index is 460. The molecule has 0 unspecified atom stereocenters. The van der Waals surface area contributed by atoms with Gasteiger partial charge in [-0.25, -0.2) is 4.79 Å². The molecule has 0 aromatic heterocycles. The first-order valence-corrected chi connectivity index (χ1v) is 6.35. The normalized spacial score (nSPS) is 10.0. The average molecular weight is 287 g/mol. The van der Waals surface area contributed by atoms with Crippen LogP contribution in [-0.2, 0) is 0 Å². The summed E-state index contributed by atoms with van der Waals surface area (Å²) in [5.41, 5.74) is 1.43. The second kappa shape index (κ2) is 6.66. The Hall–Kier alpha value is -1.19. The van der Waals surface area contributed by atoms with Crippen LogP contribution in [0.2, 0.25) is 10.0 Å². The molecule has 0 aliphatic rings. The molecule has 1 aromatic carbocycles. The second-order valence-electron chi connectivity index (χ2n) is 4.03. The molecule has 1 aromatic rings. The molecule has 18 heavy (non-hydrogen) atoms. The molecule has 0 saturated heterocycles. The van der Waals surface area contributed by atoms with Crippen molar-refractivity contribution in [2.75, 3.05) is 18.4 Å². The Labute approximate surface area is 117 Å². The number of halogens is 2. The summed E-state index contributed by atoms with van der Waals surface area (Å²) < 4.78 is 0. The third kappa shape index (κ3) is 4.24. The van der Waals surface area contributed by atoms with Crippen LogP contribution in [0, 0.1) is 0 Å². The third-order valence-electron chi connectivity index (χ3n) is 2.30. The van der Waals surface area contributed by atoms with Crippen LogP contribution in [0.15, 0.2) is 30.4 Å². The van der Waals surface area contributed by atoms with Crippen LogP contribution in [0.5, 0.6) is 0 Å². The Balaban J connectivity index is 2.79. The van der Waals surface area contributed by atoms with Crippen molar-refractivity contribution in [1.29, 1.82) is 0 Å². The highest BCUT2D eigenvalue weighted by Gasteiger charge is 2.13. The summed E-state index contributed by atoms with van der Waals surface area (Å²) in [5.74, 6) is 0. The molecule has 0 aliphatic heterocycles. The monoisotopic (exact) mass is 286 g/mol. The maximum Gasteiger partial charge on any atom is 0.322 e. The van der Waals surface area contributed by atoms with Crippen LogP contribution < -0.4 is 5.32 Å². The van der Waals surface area contributed by atoms with E-state index in [1.54, 1.807) is 23.1 Å². The molecule has 0 heterocycles. The number of likely N-dealkylation sites (N-methyl/N-ethyl adjacent to an activating group) is 1. The van der Waals surface area contributed by atoms with Gasteiger partial charge in [-0.3, -0.25) is 0 Å². The summed E-state index contributed by atoms with van der Waals surface area (Å²) in [6, 6.07) is 4.72. The van der Waals surface area contributed by atoms with Crippen molar-refractivity contribution in [1.82, 2.24) is 4.90 Å². The SMILES string of the molecule is C=C(C)CN(CC)C(=O)Nc1cc(Cl)ccc1Cl. The van der Waals surface area contributed by atoms with Crippen LogP contribution in [-0.4, -0.2) is 24.0 Å². The minimum absolute atomic E-state index is 0.218. The first-order valence-electron chi connectivity index (χ1n) is 5.59. The number of benzene rings is 1. The molecular formula is C13H16Cl2N2O. The quantitative estimate of drug-likeness (QED) is 0.817. The predicted molar refractivity (Wildman–Crippen MR) is 77.5 cm³/mol. The van der Waals surface area contributed by atoms with E-state index in [9.17, 15) is 4.79 Å². The molecule has 0 radical (unpaired) electrons. The maximum atomic E-state index is 12.0. The van der Waals surface area contributed by atoms with Crippen molar-refractivity contribution in [2.45, 2.75) is 13.8 Å². The van der Waals surface area contributed by atoms with E-state index in [0.717, 1.165) is 5.57 Å². The van der Waals surface area contributed by atoms with Gasteiger partial charge in [0.1, 0.15) is 0 Å². The van der Waals surface area contributed by atoms with Gasteiger partial charge < -0.3 is 10.2 Å². The van der Waals surface area contributed by atoms with Crippen LogP contribution in [0.25, 0.3) is 0 Å². The Morgan fingerprint density at radius 3 is 2.67 bits per heavy atom. The van der Waals surface area contributed by atoms with Crippen LogP contribution in [0.3, 0.4) is 0 Å². The van der Waals surface area contributed by atoms with Crippen LogP contribution >= 0.6 is 23.2 Å². The molecule has 5 heteroatoms. The number of nitrogens with one attached hydrogen (secondary N) is 1. The highest BCUT2D eigenvalue weighted by atomic mass is 35.5. The molecule has 98 valence electrons. The van der Waals surface area contributed by atoms with Gasteiger partial charge in [0.2, 0.25) is 0 Å². The first kappa shape index (κ1) is 14.9. The maximum absolute atomic E-state index is 12.0. The fourth-order valence-corrected chi connectivity index (χ4v) is 1.78. The number of hydrogen-bond acceptors (Lipinski definition) is 1. The van der Waals surface area contributed by atoms with E-state index < -0.39 is 0 Å². The van der Waals surface area contributed by atoms with Gasteiger partial charge in [0.05, 0.1) is 10.7 Å². The average Bonchev–Trinajstić information content (AvgIpc) is 2.30. The third-order valence-corrected chi connectivity index (χ3v) is 2.86. The van der Waals surface area contributed by atoms with E-state index >= 15 is 0 Å². The van der Waals surface area contributed by atoms with Crippen LogP contribution in [0.1, 0.15) is 13.8 Å². The number of hydrogen-bond donors (Lipinski definition) is 1. The molecule has 3 nitrogen and oxygen atoms in total. The second-order valence-corrected chi connectivity index (χ2v) is 4.87. The smallest absolute Gasteiger partial charge is 0.321 e. The predicted octanol–water partition coefficient (Wildman–Crippen LogP) is 4.42. The summed E-state index contributed by atoms with van der Waals surface area (Å²) in [5, 5.41) is 3.72. The van der Waals surface area contributed by atoms with E-state index in [1.165, 1.54) is 0 Å². The minimum Gasteiger partial charge on any atom is -0.321 e. The fourth-order valence-electron chi connectivity index (χ4n) is 1.44. The summed E-state index contributed by atoms with van der Waals surface area (Å²) in [6.07, 6.45) is 0. The number of carbonyl (C=O) groups is 1. The lowest BCUT2D eigenvalue weighted by Crippen LogP contribution is -2.35. The molecule has 0 atom stereocenters. The van der Waals surface area contributed by atoms with Crippen molar-refractivity contribution in [2.24, 2.45) is 0 Å².